The molecule has 0 aliphatic carbocycles. The zero-order chi connectivity index (χ0) is 21.0. The third kappa shape index (κ3) is 4.24. The van der Waals surface area contributed by atoms with Crippen molar-refractivity contribution < 1.29 is 4.79 Å². The highest BCUT2D eigenvalue weighted by Gasteiger charge is 2.23. The lowest BCUT2D eigenvalue weighted by atomic mass is 10.1. The average molecular weight is 392 g/mol. The normalized spacial score (nSPS) is 12.1. The molecule has 29 heavy (non-hydrogen) atoms. The number of aryl methyl sites for hydroxylation is 1. The van der Waals surface area contributed by atoms with Gasteiger partial charge in [-0.05, 0) is 49.6 Å². The monoisotopic (exact) mass is 391 g/mol. The molecular weight excluding hydrogens is 362 g/mol. The number of para-hydroxylation sites is 1. The molecule has 0 radical (unpaired) electrons. The first kappa shape index (κ1) is 20.8. The van der Waals surface area contributed by atoms with Crippen LogP contribution in [0, 0.1) is 0 Å². The maximum absolute atomic E-state index is 13.4. The van der Waals surface area contributed by atoms with Gasteiger partial charge >= 0.3 is 0 Å². The van der Waals surface area contributed by atoms with E-state index in [1.54, 1.807) is 22.6 Å². The Morgan fingerprint density at radius 1 is 1.10 bits per heavy atom. The van der Waals surface area contributed by atoms with Crippen LogP contribution in [0.5, 0.6) is 0 Å². The van der Waals surface area contributed by atoms with Crippen molar-refractivity contribution in [2.45, 2.75) is 52.5 Å². The van der Waals surface area contributed by atoms with Gasteiger partial charge in [-0.15, -0.1) is 0 Å². The molecule has 0 saturated carbocycles. The first-order chi connectivity index (χ1) is 14.0. The van der Waals surface area contributed by atoms with Gasteiger partial charge in [-0.25, -0.2) is 4.98 Å². The summed E-state index contributed by atoms with van der Waals surface area (Å²) in [6.45, 7) is 6.10. The van der Waals surface area contributed by atoms with Gasteiger partial charge in [0.1, 0.15) is 5.82 Å². The smallest absolute Gasteiger partial charge is 0.266 e. The number of unbranched alkanes of at least 4 members (excludes halogenated alkanes) is 1. The van der Waals surface area contributed by atoms with E-state index in [1.165, 1.54) is 5.56 Å². The lowest BCUT2D eigenvalue weighted by Crippen LogP contribution is -2.34. The lowest BCUT2D eigenvalue weighted by molar-refractivity contribution is -0.132. The molecule has 0 bridgehead atoms. The minimum Gasteiger partial charge on any atom is -0.336 e. The fraction of sp³-hybridized carbons (Fsp3) is 0.375. The number of carbonyl (C=O) groups excluding carboxylic acids is 1. The molecule has 0 N–H and O–H groups in total. The van der Waals surface area contributed by atoms with Gasteiger partial charge in [0.25, 0.3) is 5.56 Å². The van der Waals surface area contributed by atoms with E-state index in [-0.39, 0.29) is 17.5 Å². The summed E-state index contributed by atoms with van der Waals surface area (Å²) in [5.74, 6) is 0.639. The molecule has 1 aromatic heterocycles. The highest BCUT2D eigenvalue weighted by Crippen LogP contribution is 2.23. The molecule has 0 aliphatic heterocycles. The minimum absolute atomic E-state index is 0.0645. The van der Waals surface area contributed by atoms with E-state index < -0.39 is 0 Å². The quantitative estimate of drug-likeness (QED) is 0.589. The van der Waals surface area contributed by atoms with Gasteiger partial charge in [0.15, 0.2) is 0 Å². The van der Waals surface area contributed by atoms with Gasteiger partial charge in [0, 0.05) is 13.5 Å². The maximum Gasteiger partial charge on any atom is 0.266 e. The topological polar surface area (TPSA) is 55.2 Å². The van der Waals surface area contributed by atoms with Crippen molar-refractivity contribution in [3.05, 3.63) is 70.3 Å². The fourth-order valence-electron chi connectivity index (χ4n) is 3.45. The molecule has 152 valence electrons. The Kier molecular flexibility index (Phi) is 6.47. The van der Waals surface area contributed by atoms with E-state index in [2.05, 4.69) is 13.8 Å². The summed E-state index contributed by atoms with van der Waals surface area (Å²) in [4.78, 5) is 32.5. The number of hydrogen-bond donors (Lipinski definition) is 0. The zero-order valence-corrected chi connectivity index (χ0v) is 17.7. The lowest BCUT2D eigenvalue weighted by Gasteiger charge is -2.27. The van der Waals surface area contributed by atoms with Crippen LogP contribution in [0.1, 0.15) is 57.5 Å². The van der Waals surface area contributed by atoms with Crippen LogP contribution in [0.3, 0.4) is 0 Å². The van der Waals surface area contributed by atoms with Crippen molar-refractivity contribution in [3.63, 3.8) is 0 Å². The molecule has 5 heteroatoms. The second-order valence-corrected chi connectivity index (χ2v) is 7.43. The average Bonchev–Trinajstić information content (AvgIpc) is 2.76. The number of nitrogens with zero attached hydrogens (tertiary/aromatic N) is 3. The predicted octanol–water partition coefficient (Wildman–Crippen LogP) is 4.66. The summed E-state index contributed by atoms with van der Waals surface area (Å²) in [5.41, 5.74) is 2.50. The van der Waals surface area contributed by atoms with E-state index in [0.29, 0.717) is 23.1 Å². The number of carbonyl (C=O) groups is 1. The standard InChI is InChI=1S/C24H29N3O2/c1-5-7-12-22(28)26(4)17(3)23-25-21-11-9-8-10-20(21)24(29)27(23)19-15-13-18(6-2)14-16-19/h8-11,13-17H,5-7,12H2,1-4H3. The first-order valence-electron chi connectivity index (χ1n) is 10.3. The summed E-state index contributed by atoms with van der Waals surface area (Å²) in [6.07, 6.45) is 3.26. The van der Waals surface area contributed by atoms with Crippen molar-refractivity contribution in [3.8, 4) is 5.69 Å². The molecule has 3 rings (SSSR count). The molecule has 1 unspecified atom stereocenters. The van der Waals surface area contributed by atoms with Gasteiger partial charge in [0.2, 0.25) is 5.91 Å². The van der Waals surface area contributed by atoms with Crippen LogP contribution in [0.25, 0.3) is 16.6 Å². The molecule has 5 nitrogen and oxygen atoms in total. The molecule has 0 aliphatic rings. The molecule has 1 atom stereocenters. The highest BCUT2D eigenvalue weighted by molar-refractivity contribution is 5.78. The van der Waals surface area contributed by atoms with Crippen molar-refractivity contribution in [2.75, 3.05) is 7.05 Å². The van der Waals surface area contributed by atoms with Crippen LogP contribution in [0.4, 0.5) is 0 Å². The predicted molar refractivity (Wildman–Crippen MR) is 117 cm³/mol. The van der Waals surface area contributed by atoms with E-state index in [9.17, 15) is 9.59 Å². The number of hydrogen-bond acceptors (Lipinski definition) is 3. The van der Waals surface area contributed by atoms with E-state index in [0.717, 1.165) is 24.9 Å². The Morgan fingerprint density at radius 2 is 1.79 bits per heavy atom. The van der Waals surface area contributed by atoms with Crippen LogP contribution >= 0.6 is 0 Å². The van der Waals surface area contributed by atoms with Gasteiger partial charge in [-0.1, -0.05) is 44.5 Å². The third-order valence-corrected chi connectivity index (χ3v) is 5.50. The number of benzene rings is 2. The molecule has 0 saturated heterocycles. The van der Waals surface area contributed by atoms with Crippen LogP contribution in [-0.2, 0) is 11.2 Å². The summed E-state index contributed by atoms with van der Waals surface area (Å²) < 4.78 is 1.65. The molecule has 0 spiro atoms. The van der Waals surface area contributed by atoms with E-state index in [1.807, 2.05) is 49.4 Å². The van der Waals surface area contributed by atoms with Gasteiger partial charge in [0.05, 0.1) is 22.6 Å². The number of amides is 1. The minimum atomic E-state index is -0.331. The molecule has 1 heterocycles. The summed E-state index contributed by atoms with van der Waals surface area (Å²) >= 11 is 0. The molecular formula is C24H29N3O2. The number of rotatable bonds is 7. The summed E-state index contributed by atoms with van der Waals surface area (Å²) in [6, 6.07) is 15.0. The largest absolute Gasteiger partial charge is 0.336 e. The molecule has 0 fully saturated rings. The van der Waals surface area contributed by atoms with Crippen molar-refractivity contribution in [1.82, 2.24) is 14.5 Å². The number of fused-ring (bicyclic) bond motifs is 1. The van der Waals surface area contributed by atoms with Crippen molar-refractivity contribution in [1.29, 1.82) is 0 Å². The van der Waals surface area contributed by atoms with E-state index in [4.69, 9.17) is 4.98 Å². The van der Waals surface area contributed by atoms with Crippen molar-refractivity contribution in [2.24, 2.45) is 0 Å². The SMILES string of the molecule is CCCCC(=O)N(C)C(C)c1nc2ccccc2c(=O)n1-c1ccc(CC)cc1. The van der Waals surface area contributed by atoms with Crippen molar-refractivity contribution >= 4 is 16.8 Å². The van der Waals surface area contributed by atoms with Crippen LogP contribution < -0.4 is 5.56 Å². The summed E-state index contributed by atoms with van der Waals surface area (Å²) in [7, 11) is 1.79. The second-order valence-electron chi connectivity index (χ2n) is 7.43. The zero-order valence-electron chi connectivity index (χ0n) is 17.7. The Morgan fingerprint density at radius 3 is 2.45 bits per heavy atom. The van der Waals surface area contributed by atoms with Crippen LogP contribution in [-0.4, -0.2) is 27.4 Å². The fourth-order valence-corrected chi connectivity index (χ4v) is 3.45. The first-order valence-corrected chi connectivity index (χ1v) is 10.3. The highest BCUT2D eigenvalue weighted by atomic mass is 16.2. The Labute approximate surface area is 172 Å². The van der Waals surface area contributed by atoms with Gasteiger partial charge in [-0.3, -0.25) is 14.2 Å². The Balaban J connectivity index is 2.16. The second kappa shape index (κ2) is 9.03. The number of aromatic nitrogens is 2. The molecule has 1 amide bonds. The molecule has 2 aromatic carbocycles. The Bertz CT molecular complexity index is 1050. The molecule has 3 aromatic rings. The van der Waals surface area contributed by atoms with Gasteiger partial charge in [-0.2, -0.15) is 0 Å². The Hall–Kier alpha value is -2.95. The third-order valence-electron chi connectivity index (χ3n) is 5.50. The van der Waals surface area contributed by atoms with Gasteiger partial charge < -0.3 is 4.90 Å². The van der Waals surface area contributed by atoms with Crippen LogP contribution in [0.15, 0.2) is 53.3 Å². The summed E-state index contributed by atoms with van der Waals surface area (Å²) in [5, 5.41) is 0.572. The van der Waals surface area contributed by atoms with E-state index >= 15 is 0 Å². The maximum atomic E-state index is 13.4. The van der Waals surface area contributed by atoms with Crippen LogP contribution in [0.2, 0.25) is 0 Å².